The molecule has 3 N–H and O–H groups in total. The van der Waals surface area contributed by atoms with E-state index in [1.807, 2.05) is 0 Å². The molecule has 0 bridgehead atoms. The minimum atomic E-state index is -4.94. The largest absolute Gasteiger partial charge is 0.472 e. The molecule has 0 aromatic carbocycles. The molecule has 0 aliphatic carbocycles. The Morgan fingerprint density at radius 3 is 1.00 bits per heavy atom. The first-order valence-electron chi connectivity index (χ1n) is 38.5. The van der Waals surface area contributed by atoms with E-state index in [1.54, 1.807) is 0 Å². The van der Waals surface area contributed by atoms with Crippen molar-refractivity contribution in [3.8, 4) is 0 Å². The maximum absolute atomic E-state index is 13.1. The fourth-order valence-corrected chi connectivity index (χ4v) is 12.1. The lowest BCUT2D eigenvalue weighted by atomic mass is 10.0. The lowest BCUT2D eigenvalue weighted by molar-refractivity contribution is -0.161. The van der Waals surface area contributed by atoms with Crippen LogP contribution in [0.5, 0.6) is 0 Å². The zero-order valence-electron chi connectivity index (χ0n) is 60.8. The number of esters is 3. The molecule has 0 rings (SSSR count). The number of phosphoric ester groups is 2. The second-order valence-electron chi connectivity index (χ2n) is 25.9. The van der Waals surface area contributed by atoms with E-state index >= 15 is 0 Å². The molecule has 0 aliphatic rings. The van der Waals surface area contributed by atoms with Gasteiger partial charge in [0.25, 0.3) is 0 Å². The number of hydrogen-bond donors (Lipinski definition) is 3. The summed E-state index contributed by atoms with van der Waals surface area (Å²) in [4.78, 5) is 70.3. The molecule has 96 heavy (non-hydrogen) atoms. The highest BCUT2D eigenvalue weighted by Gasteiger charge is 2.30. The minimum Gasteiger partial charge on any atom is -0.463 e. The Balaban J connectivity index is 5.26. The van der Waals surface area contributed by atoms with Gasteiger partial charge >= 0.3 is 33.6 Å². The molecule has 17 nitrogen and oxygen atoms in total. The number of carbonyl (C=O) groups excluding carboxylic acids is 4. The van der Waals surface area contributed by atoms with Crippen molar-refractivity contribution in [2.75, 3.05) is 46.2 Å². The van der Waals surface area contributed by atoms with Gasteiger partial charge < -0.3 is 38.6 Å². The third kappa shape index (κ3) is 70.8. The zero-order chi connectivity index (χ0) is 70.2. The van der Waals surface area contributed by atoms with Gasteiger partial charge in [-0.2, -0.15) is 0 Å². The van der Waals surface area contributed by atoms with Crippen LogP contribution < -0.4 is 0 Å². The number of phosphoric acid groups is 2. The Morgan fingerprint density at radius 1 is 0.333 bits per heavy atom. The highest BCUT2D eigenvalue weighted by molar-refractivity contribution is 7.47. The number of aliphatic hydroxyl groups excluding tert-OH is 1. The van der Waals surface area contributed by atoms with Crippen molar-refractivity contribution in [1.29, 1.82) is 0 Å². The summed E-state index contributed by atoms with van der Waals surface area (Å²) in [6.45, 7) is 3.48. The van der Waals surface area contributed by atoms with E-state index in [-0.39, 0.29) is 25.9 Å². The van der Waals surface area contributed by atoms with E-state index in [9.17, 15) is 43.2 Å². The van der Waals surface area contributed by atoms with Crippen LogP contribution in [-0.2, 0) is 65.4 Å². The lowest BCUT2D eigenvalue weighted by Crippen LogP contribution is -2.30. The predicted molar refractivity (Wildman–Crippen MR) is 391 cm³/mol. The van der Waals surface area contributed by atoms with E-state index < -0.39 is 84.9 Å². The molecule has 0 saturated carbocycles. The van der Waals surface area contributed by atoms with Crippen molar-refractivity contribution in [2.45, 2.75) is 360 Å². The second-order valence-corrected chi connectivity index (χ2v) is 28.8. The van der Waals surface area contributed by atoms with E-state index in [2.05, 4.69) is 81.5 Å². The molecule has 0 radical (unpaired) electrons. The van der Waals surface area contributed by atoms with Crippen LogP contribution in [0.4, 0.5) is 0 Å². The molecule has 560 valence electrons. The number of carbonyl (C=O) groups is 4. The van der Waals surface area contributed by atoms with Crippen molar-refractivity contribution in [2.24, 2.45) is 0 Å². The molecular formula is C77H140O17P2. The van der Waals surface area contributed by atoms with E-state index in [0.717, 1.165) is 186 Å². The first-order chi connectivity index (χ1) is 46.8. The Labute approximate surface area is 584 Å². The minimum absolute atomic E-state index is 0.109. The lowest BCUT2D eigenvalue weighted by Gasteiger charge is -2.21. The van der Waals surface area contributed by atoms with Crippen molar-refractivity contribution in [3.05, 3.63) is 60.8 Å². The normalized spacial score (nSPS) is 14.3. The van der Waals surface area contributed by atoms with Gasteiger partial charge in [-0.05, 0) is 122 Å². The topological polar surface area (TPSA) is 237 Å². The summed E-state index contributed by atoms with van der Waals surface area (Å²) in [6.07, 6.45) is 69.8. The smallest absolute Gasteiger partial charge is 0.463 e. The highest BCUT2D eigenvalue weighted by atomic mass is 31.2. The predicted octanol–water partition coefficient (Wildman–Crippen LogP) is 21.5. The number of rotatable bonds is 75. The van der Waals surface area contributed by atoms with Crippen LogP contribution in [0.3, 0.4) is 0 Å². The first kappa shape index (κ1) is 92.9. The summed E-state index contributed by atoms with van der Waals surface area (Å²) < 4.78 is 69.2. The van der Waals surface area contributed by atoms with Gasteiger partial charge in [0.15, 0.2) is 6.10 Å². The van der Waals surface area contributed by atoms with Gasteiger partial charge in [-0.1, -0.05) is 255 Å². The number of aldehydes is 1. The van der Waals surface area contributed by atoms with Crippen LogP contribution in [0.1, 0.15) is 342 Å². The maximum atomic E-state index is 13.1. The van der Waals surface area contributed by atoms with Crippen LogP contribution in [0.15, 0.2) is 60.8 Å². The van der Waals surface area contributed by atoms with Gasteiger partial charge in [0.2, 0.25) is 0 Å². The summed E-state index contributed by atoms with van der Waals surface area (Å²) in [7, 11) is -9.79. The molecule has 19 heteroatoms. The Kier molecular flexibility index (Phi) is 69.4. The van der Waals surface area contributed by atoms with Crippen molar-refractivity contribution in [3.63, 3.8) is 0 Å². The van der Waals surface area contributed by atoms with E-state index in [4.69, 9.17) is 37.0 Å². The number of unbranched alkanes of at least 4 members (excludes halogenated alkanes) is 38. The molecule has 0 saturated heterocycles. The van der Waals surface area contributed by atoms with Gasteiger partial charge in [-0.15, -0.1) is 0 Å². The zero-order valence-corrected chi connectivity index (χ0v) is 62.6. The number of allylic oxidation sites excluding steroid dienone is 10. The van der Waals surface area contributed by atoms with Gasteiger partial charge in [-0.3, -0.25) is 32.5 Å². The third-order valence-electron chi connectivity index (χ3n) is 16.5. The van der Waals surface area contributed by atoms with Crippen LogP contribution >= 0.6 is 15.6 Å². The second kappa shape index (κ2) is 71.7. The molecule has 0 spiro atoms. The molecule has 0 aromatic heterocycles. The molecule has 0 amide bonds. The van der Waals surface area contributed by atoms with Gasteiger partial charge in [-0.25, -0.2) is 9.13 Å². The number of hydrogen-bond acceptors (Lipinski definition) is 15. The standard InChI is InChI=1S/C77H140O17P2/c1-4-7-10-13-16-19-22-25-27-32-36-41-46-51-56-61-75(80)88-68-73(87-65-60-55-50-45-40-35-30-29-34-39-44-49-54-59-64-78)70-92-95(83,84)90-66-72(79)67-91-96(85,86)93-71-74(94-77(82)63-58-53-48-43-38-31-24-21-18-15-12-9-6-3)69-89-76(81)62-57-52-47-42-37-33-28-26-23-20-17-14-11-8-5-2/h16-17,19-20,25-30,64,72-74,79H,4-15,18,21-24,31-63,65-71H2,1-3H3,(H,83,84)(H,85,86)/b19-16-,20-17-,27-25-,28-26-,30-29-/t72-,73-,74-/m1/s1. The number of ether oxygens (including phenoxy) is 4. The summed E-state index contributed by atoms with van der Waals surface area (Å²) >= 11 is 0. The average Bonchev–Trinajstić information content (AvgIpc) is 2.04. The molecule has 2 unspecified atom stereocenters. The quantitative estimate of drug-likeness (QED) is 0.0128. The molecule has 0 aliphatic heterocycles. The van der Waals surface area contributed by atoms with Gasteiger partial charge in [0.1, 0.15) is 31.7 Å². The van der Waals surface area contributed by atoms with Crippen LogP contribution in [-0.4, -0.2) is 104 Å². The third-order valence-corrected chi connectivity index (χ3v) is 18.4. The Morgan fingerprint density at radius 2 is 0.615 bits per heavy atom. The van der Waals surface area contributed by atoms with Gasteiger partial charge in [0.05, 0.1) is 26.4 Å². The molecule has 0 aromatic rings. The van der Waals surface area contributed by atoms with Crippen LogP contribution in [0.25, 0.3) is 0 Å². The first-order valence-corrected chi connectivity index (χ1v) is 41.5. The summed E-state index contributed by atoms with van der Waals surface area (Å²) in [5.41, 5.74) is 0. The highest BCUT2D eigenvalue weighted by Crippen LogP contribution is 2.45. The van der Waals surface area contributed by atoms with E-state index in [0.29, 0.717) is 38.7 Å². The van der Waals surface area contributed by atoms with Gasteiger partial charge in [0, 0.05) is 32.3 Å². The molecular weight excluding hydrogens is 1260 g/mol. The summed E-state index contributed by atoms with van der Waals surface area (Å²) in [5.74, 6) is -1.47. The summed E-state index contributed by atoms with van der Waals surface area (Å²) in [5, 5.41) is 10.6. The van der Waals surface area contributed by atoms with Crippen LogP contribution in [0.2, 0.25) is 0 Å². The number of aliphatic hydroxyl groups is 1. The van der Waals surface area contributed by atoms with Crippen molar-refractivity contribution >= 4 is 39.8 Å². The average molecular weight is 1400 g/mol. The fourth-order valence-electron chi connectivity index (χ4n) is 10.5. The van der Waals surface area contributed by atoms with E-state index in [1.165, 1.54) is 89.9 Å². The Hall–Kier alpha value is -3.08. The van der Waals surface area contributed by atoms with Crippen LogP contribution in [0, 0.1) is 0 Å². The SMILES string of the molecule is CCCCC/C=C\C/C=C\CCCCCCCC(=O)OC[C@H](COP(=O)(O)OC[C@@H](O)COP(=O)(O)OC[C@@H](COC(=O)CCCCCCC/C=C\C/C=C\CCCCC)OC(=O)CCCCCCCCCCCCCCC)OCCCCCCC/C=C\CCCCCCC=O. The summed E-state index contributed by atoms with van der Waals surface area (Å²) in [6, 6.07) is 0. The van der Waals surface area contributed by atoms with Crippen molar-refractivity contribution < 1.29 is 80.2 Å². The maximum Gasteiger partial charge on any atom is 0.472 e. The monoisotopic (exact) mass is 1400 g/mol. The molecule has 5 atom stereocenters. The fraction of sp³-hybridized carbons (Fsp3) is 0.818. The molecule has 0 fully saturated rings. The Bertz CT molecular complexity index is 2030. The molecule has 0 heterocycles. The van der Waals surface area contributed by atoms with Crippen molar-refractivity contribution in [1.82, 2.24) is 0 Å².